The van der Waals surface area contributed by atoms with Gasteiger partial charge in [0, 0.05) is 16.7 Å². The van der Waals surface area contributed by atoms with E-state index in [9.17, 15) is 4.79 Å². The lowest BCUT2D eigenvalue weighted by molar-refractivity contribution is -0.117. The number of benzene rings is 2. The van der Waals surface area contributed by atoms with Gasteiger partial charge in [0.15, 0.2) is 0 Å². The molecule has 1 unspecified atom stereocenters. The Morgan fingerprint density at radius 2 is 1.90 bits per heavy atom. The van der Waals surface area contributed by atoms with Gasteiger partial charge in [-0.15, -0.1) is 0 Å². The molecule has 1 atom stereocenters. The Bertz CT molecular complexity index is 642. The van der Waals surface area contributed by atoms with Gasteiger partial charge < -0.3 is 10.6 Å². The van der Waals surface area contributed by atoms with E-state index in [1.807, 2.05) is 48.5 Å². The van der Waals surface area contributed by atoms with Gasteiger partial charge in [0.2, 0.25) is 5.91 Å². The molecule has 20 heavy (non-hydrogen) atoms. The second kappa shape index (κ2) is 5.67. The smallest absolute Gasteiger partial charge is 0.232 e. The molecule has 1 aliphatic rings. The van der Waals surface area contributed by atoms with E-state index in [-0.39, 0.29) is 11.8 Å². The summed E-state index contributed by atoms with van der Waals surface area (Å²) in [6, 6.07) is 15.7. The Kier molecular flexibility index (Phi) is 3.74. The fraction of sp³-hybridized carbons (Fsp3) is 0.188. The molecule has 0 spiro atoms. The SMILES string of the molecule is O=C(Nc1ccccc1Br)C1CCNc2ccccc21. The molecule has 3 rings (SSSR count). The van der Waals surface area contributed by atoms with Crippen LogP contribution in [0.4, 0.5) is 11.4 Å². The average Bonchev–Trinajstić information content (AvgIpc) is 2.49. The van der Waals surface area contributed by atoms with Crippen molar-refractivity contribution in [2.75, 3.05) is 17.2 Å². The highest BCUT2D eigenvalue weighted by atomic mass is 79.9. The van der Waals surface area contributed by atoms with E-state index in [2.05, 4.69) is 26.6 Å². The molecule has 0 saturated heterocycles. The summed E-state index contributed by atoms with van der Waals surface area (Å²) >= 11 is 3.45. The number of carbonyl (C=O) groups excluding carboxylic acids is 1. The van der Waals surface area contributed by atoms with Gasteiger partial charge in [-0.05, 0) is 46.1 Å². The molecule has 0 bridgehead atoms. The fourth-order valence-corrected chi connectivity index (χ4v) is 2.91. The molecule has 2 aromatic rings. The van der Waals surface area contributed by atoms with E-state index in [0.29, 0.717) is 0 Å². The first-order valence-corrected chi connectivity index (χ1v) is 7.43. The molecule has 2 N–H and O–H groups in total. The molecule has 0 radical (unpaired) electrons. The number of hydrogen-bond acceptors (Lipinski definition) is 2. The van der Waals surface area contributed by atoms with Crippen molar-refractivity contribution in [3.05, 3.63) is 58.6 Å². The minimum atomic E-state index is -0.0976. The van der Waals surface area contributed by atoms with Crippen molar-refractivity contribution < 1.29 is 4.79 Å². The van der Waals surface area contributed by atoms with Crippen LogP contribution < -0.4 is 10.6 Å². The summed E-state index contributed by atoms with van der Waals surface area (Å²) in [5.74, 6) is -0.0505. The second-order valence-electron chi connectivity index (χ2n) is 4.82. The highest BCUT2D eigenvalue weighted by Crippen LogP contribution is 2.32. The van der Waals surface area contributed by atoms with Gasteiger partial charge >= 0.3 is 0 Å². The van der Waals surface area contributed by atoms with Gasteiger partial charge in [-0.3, -0.25) is 4.79 Å². The summed E-state index contributed by atoms with van der Waals surface area (Å²) in [4.78, 5) is 12.5. The number of nitrogens with one attached hydrogen (secondary N) is 2. The summed E-state index contributed by atoms with van der Waals surface area (Å²) in [6.45, 7) is 0.824. The maximum Gasteiger partial charge on any atom is 0.232 e. The van der Waals surface area contributed by atoms with Crippen LogP contribution in [0.5, 0.6) is 0 Å². The van der Waals surface area contributed by atoms with Crippen molar-refractivity contribution in [1.29, 1.82) is 0 Å². The highest BCUT2D eigenvalue weighted by molar-refractivity contribution is 9.10. The first-order chi connectivity index (χ1) is 9.75. The molecule has 1 aliphatic heterocycles. The molecule has 102 valence electrons. The van der Waals surface area contributed by atoms with Crippen LogP contribution in [0.25, 0.3) is 0 Å². The van der Waals surface area contributed by atoms with E-state index in [4.69, 9.17) is 0 Å². The van der Waals surface area contributed by atoms with Crippen LogP contribution in [0.3, 0.4) is 0 Å². The van der Waals surface area contributed by atoms with E-state index in [1.54, 1.807) is 0 Å². The minimum Gasteiger partial charge on any atom is -0.385 e. The van der Waals surface area contributed by atoms with Crippen molar-refractivity contribution in [3.63, 3.8) is 0 Å². The van der Waals surface area contributed by atoms with Gasteiger partial charge in [-0.2, -0.15) is 0 Å². The van der Waals surface area contributed by atoms with Crippen molar-refractivity contribution in [2.24, 2.45) is 0 Å². The largest absolute Gasteiger partial charge is 0.385 e. The Balaban J connectivity index is 1.84. The van der Waals surface area contributed by atoms with Crippen LogP contribution in [0, 0.1) is 0 Å². The number of anilines is 2. The second-order valence-corrected chi connectivity index (χ2v) is 5.68. The normalized spacial score (nSPS) is 16.9. The van der Waals surface area contributed by atoms with Crippen LogP contribution in [0.1, 0.15) is 17.9 Å². The van der Waals surface area contributed by atoms with Gasteiger partial charge in [-0.1, -0.05) is 30.3 Å². The van der Waals surface area contributed by atoms with Crippen LogP contribution in [-0.2, 0) is 4.79 Å². The van der Waals surface area contributed by atoms with E-state index < -0.39 is 0 Å². The molecular weight excluding hydrogens is 316 g/mol. The lowest BCUT2D eigenvalue weighted by Crippen LogP contribution is -2.27. The van der Waals surface area contributed by atoms with Crippen molar-refractivity contribution in [2.45, 2.75) is 12.3 Å². The summed E-state index contributed by atoms with van der Waals surface area (Å²) in [6.07, 6.45) is 0.813. The topological polar surface area (TPSA) is 41.1 Å². The predicted octanol–water partition coefficient (Wildman–Crippen LogP) is 3.99. The number of amides is 1. The summed E-state index contributed by atoms with van der Waals surface area (Å²) in [5, 5.41) is 6.34. The first kappa shape index (κ1) is 13.2. The fourth-order valence-electron chi connectivity index (χ4n) is 2.52. The van der Waals surface area contributed by atoms with Crippen molar-refractivity contribution in [1.82, 2.24) is 0 Å². The molecule has 0 saturated carbocycles. The maximum atomic E-state index is 12.5. The summed E-state index contributed by atoms with van der Waals surface area (Å²) in [7, 11) is 0. The Hall–Kier alpha value is -1.81. The molecule has 0 aromatic heterocycles. The van der Waals surface area contributed by atoms with Gasteiger partial charge in [0.1, 0.15) is 0 Å². The first-order valence-electron chi connectivity index (χ1n) is 6.64. The molecule has 0 aliphatic carbocycles. The predicted molar refractivity (Wildman–Crippen MR) is 85.1 cm³/mol. The third kappa shape index (κ3) is 2.56. The highest BCUT2D eigenvalue weighted by Gasteiger charge is 2.26. The zero-order chi connectivity index (χ0) is 13.9. The molecular formula is C16H15BrN2O. The zero-order valence-corrected chi connectivity index (χ0v) is 12.5. The van der Waals surface area contributed by atoms with Crippen LogP contribution in [-0.4, -0.2) is 12.5 Å². The number of halogens is 1. The number of rotatable bonds is 2. The molecule has 0 fully saturated rings. The van der Waals surface area contributed by atoms with Crippen molar-refractivity contribution in [3.8, 4) is 0 Å². The zero-order valence-electron chi connectivity index (χ0n) is 10.9. The van der Waals surface area contributed by atoms with Gasteiger partial charge in [-0.25, -0.2) is 0 Å². The molecule has 1 amide bonds. The standard InChI is InChI=1S/C16H15BrN2O/c17-13-6-2-4-8-15(13)19-16(20)12-9-10-18-14-7-3-1-5-11(12)14/h1-8,12,18H,9-10H2,(H,19,20). The lowest BCUT2D eigenvalue weighted by Gasteiger charge is -2.26. The van der Waals surface area contributed by atoms with E-state index in [0.717, 1.165) is 34.4 Å². The van der Waals surface area contributed by atoms with E-state index >= 15 is 0 Å². The van der Waals surface area contributed by atoms with Gasteiger partial charge in [0.05, 0.1) is 11.6 Å². The van der Waals surface area contributed by atoms with Gasteiger partial charge in [0.25, 0.3) is 0 Å². The molecule has 1 heterocycles. The van der Waals surface area contributed by atoms with E-state index in [1.165, 1.54) is 0 Å². The van der Waals surface area contributed by atoms with Crippen LogP contribution in [0.15, 0.2) is 53.0 Å². The Morgan fingerprint density at radius 3 is 2.75 bits per heavy atom. The third-order valence-corrected chi connectivity index (χ3v) is 4.22. The summed E-state index contributed by atoms with van der Waals surface area (Å²) in [5.41, 5.74) is 2.95. The van der Waals surface area contributed by atoms with Crippen LogP contribution >= 0.6 is 15.9 Å². The molecule has 2 aromatic carbocycles. The summed E-state index contributed by atoms with van der Waals surface area (Å²) < 4.78 is 0.899. The Morgan fingerprint density at radius 1 is 1.15 bits per heavy atom. The molecule has 4 heteroatoms. The number of carbonyl (C=O) groups is 1. The Labute approximate surface area is 126 Å². The average molecular weight is 331 g/mol. The monoisotopic (exact) mass is 330 g/mol. The lowest BCUT2D eigenvalue weighted by atomic mass is 9.90. The quantitative estimate of drug-likeness (QED) is 0.874. The maximum absolute atomic E-state index is 12.5. The van der Waals surface area contributed by atoms with Crippen molar-refractivity contribution >= 4 is 33.2 Å². The third-order valence-electron chi connectivity index (χ3n) is 3.53. The number of hydrogen-bond donors (Lipinski definition) is 2. The van der Waals surface area contributed by atoms with Crippen LogP contribution in [0.2, 0.25) is 0 Å². The minimum absolute atomic E-state index is 0.0471. The number of fused-ring (bicyclic) bond motifs is 1. The number of para-hydroxylation sites is 2. The molecule has 3 nitrogen and oxygen atoms in total.